The van der Waals surface area contributed by atoms with Gasteiger partial charge >= 0.3 is 0 Å². The van der Waals surface area contributed by atoms with E-state index in [0.29, 0.717) is 11.1 Å². The summed E-state index contributed by atoms with van der Waals surface area (Å²) in [5.74, 6) is -1.86. The Bertz CT molecular complexity index is 579. The standard InChI is InChI=1S/C15H14F2O/c1-9-3-5-12(10(2)7-9)15(18)11-4-6-13(16)14(17)8-11/h3-8,15,18H,1-2H3. The highest BCUT2D eigenvalue weighted by Gasteiger charge is 2.14. The zero-order valence-electron chi connectivity index (χ0n) is 10.2. The lowest BCUT2D eigenvalue weighted by Crippen LogP contribution is -2.03. The van der Waals surface area contributed by atoms with Gasteiger partial charge in [0.25, 0.3) is 0 Å². The lowest BCUT2D eigenvalue weighted by atomic mass is 9.96. The summed E-state index contributed by atoms with van der Waals surface area (Å²) in [7, 11) is 0. The normalized spacial score (nSPS) is 12.5. The molecule has 1 unspecified atom stereocenters. The van der Waals surface area contributed by atoms with Crippen molar-refractivity contribution in [2.45, 2.75) is 20.0 Å². The second-order valence-corrected chi connectivity index (χ2v) is 4.44. The molecule has 1 N–H and O–H groups in total. The number of rotatable bonds is 2. The molecule has 0 amide bonds. The number of halogens is 2. The average molecular weight is 248 g/mol. The van der Waals surface area contributed by atoms with Gasteiger partial charge in [0.2, 0.25) is 0 Å². The molecule has 94 valence electrons. The van der Waals surface area contributed by atoms with Crippen molar-refractivity contribution >= 4 is 0 Å². The molecule has 18 heavy (non-hydrogen) atoms. The Morgan fingerprint density at radius 2 is 1.67 bits per heavy atom. The van der Waals surface area contributed by atoms with Crippen molar-refractivity contribution in [2.24, 2.45) is 0 Å². The summed E-state index contributed by atoms with van der Waals surface area (Å²) in [6.07, 6.45) is -0.944. The summed E-state index contributed by atoms with van der Waals surface area (Å²) in [5, 5.41) is 10.2. The van der Waals surface area contributed by atoms with Gasteiger partial charge < -0.3 is 5.11 Å². The molecule has 1 nitrogen and oxygen atoms in total. The molecule has 0 aliphatic heterocycles. The minimum atomic E-state index is -0.948. The Hall–Kier alpha value is -1.74. The van der Waals surface area contributed by atoms with E-state index in [0.717, 1.165) is 23.3 Å². The van der Waals surface area contributed by atoms with Crippen LogP contribution in [0.5, 0.6) is 0 Å². The fraction of sp³-hybridized carbons (Fsp3) is 0.200. The van der Waals surface area contributed by atoms with E-state index in [2.05, 4.69) is 0 Å². The quantitative estimate of drug-likeness (QED) is 0.859. The number of aliphatic hydroxyl groups is 1. The van der Waals surface area contributed by atoms with E-state index in [1.165, 1.54) is 6.07 Å². The van der Waals surface area contributed by atoms with E-state index in [1.54, 1.807) is 6.07 Å². The molecule has 2 rings (SSSR count). The maximum Gasteiger partial charge on any atom is 0.159 e. The number of aryl methyl sites for hydroxylation is 2. The topological polar surface area (TPSA) is 20.2 Å². The van der Waals surface area contributed by atoms with Crippen molar-refractivity contribution in [1.82, 2.24) is 0 Å². The third-order valence-corrected chi connectivity index (χ3v) is 2.98. The molecule has 0 aliphatic rings. The van der Waals surface area contributed by atoms with Gasteiger partial charge in [-0.3, -0.25) is 0 Å². The number of hydrogen-bond donors (Lipinski definition) is 1. The van der Waals surface area contributed by atoms with Gasteiger partial charge in [0.05, 0.1) is 0 Å². The maximum absolute atomic E-state index is 13.1. The lowest BCUT2D eigenvalue weighted by molar-refractivity contribution is 0.218. The largest absolute Gasteiger partial charge is 0.384 e. The van der Waals surface area contributed by atoms with Crippen LogP contribution in [0.2, 0.25) is 0 Å². The van der Waals surface area contributed by atoms with Crippen LogP contribution in [0, 0.1) is 25.5 Å². The Morgan fingerprint density at radius 1 is 0.944 bits per heavy atom. The molecule has 0 spiro atoms. The summed E-state index contributed by atoms with van der Waals surface area (Å²) in [5.41, 5.74) is 3.06. The Balaban J connectivity index is 2.41. The predicted molar refractivity (Wildman–Crippen MR) is 66.3 cm³/mol. The molecule has 1 atom stereocenters. The zero-order chi connectivity index (χ0) is 13.3. The zero-order valence-corrected chi connectivity index (χ0v) is 10.2. The summed E-state index contributed by atoms with van der Waals surface area (Å²) < 4.78 is 26.0. The van der Waals surface area contributed by atoms with E-state index in [1.807, 2.05) is 26.0 Å². The maximum atomic E-state index is 13.1. The second-order valence-electron chi connectivity index (χ2n) is 4.44. The molecule has 2 aromatic carbocycles. The first-order chi connectivity index (χ1) is 8.49. The molecule has 0 radical (unpaired) electrons. The molecule has 0 saturated carbocycles. The van der Waals surface area contributed by atoms with Crippen molar-refractivity contribution < 1.29 is 13.9 Å². The van der Waals surface area contributed by atoms with Gasteiger partial charge in [-0.1, -0.05) is 29.8 Å². The van der Waals surface area contributed by atoms with Crippen molar-refractivity contribution in [1.29, 1.82) is 0 Å². The number of aliphatic hydroxyl groups excluding tert-OH is 1. The van der Waals surface area contributed by atoms with Crippen molar-refractivity contribution in [3.8, 4) is 0 Å². The third-order valence-electron chi connectivity index (χ3n) is 2.98. The fourth-order valence-electron chi connectivity index (χ4n) is 1.99. The van der Waals surface area contributed by atoms with Gasteiger partial charge in [0.15, 0.2) is 11.6 Å². The summed E-state index contributed by atoms with van der Waals surface area (Å²) in [4.78, 5) is 0. The van der Waals surface area contributed by atoms with Crippen LogP contribution in [0.15, 0.2) is 36.4 Å². The highest BCUT2D eigenvalue weighted by Crippen LogP contribution is 2.26. The molecule has 0 aliphatic carbocycles. The molecule has 0 saturated heterocycles. The molecule has 0 aromatic heterocycles. The van der Waals surface area contributed by atoms with Gasteiger partial charge in [-0.05, 0) is 42.7 Å². The summed E-state index contributed by atoms with van der Waals surface area (Å²) in [6.45, 7) is 3.84. The van der Waals surface area contributed by atoms with Crippen LogP contribution in [0.25, 0.3) is 0 Å². The van der Waals surface area contributed by atoms with Crippen LogP contribution in [0.4, 0.5) is 8.78 Å². The minimum absolute atomic E-state index is 0.348. The van der Waals surface area contributed by atoms with E-state index in [9.17, 15) is 13.9 Å². The van der Waals surface area contributed by atoms with Gasteiger partial charge in [0, 0.05) is 0 Å². The van der Waals surface area contributed by atoms with Gasteiger partial charge in [-0.25, -0.2) is 8.78 Å². The smallest absolute Gasteiger partial charge is 0.159 e. The summed E-state index contributed by atoms with van der Waals surface area (Å²) >= 11 is 0. The molecular weight excluding hydrogens is 234 g/mol. The van der Waals surface area contributed by atoms with Crippen LogP contribution in [-0.4, -0.2) is 5.11 Å². The third kappa shape index (κ3) is 2.41. The number of benzene rings is 2. The van der Waals surface area contributed by atoms with E-state index < -0.39 is 17.7 Å². The molecular formula is C15H14F2O. The van der Waals surface area contributed by atoms with Crippen LogP contribution >= 0.6 is 0 Å². The van der Waals surface area contributed by atoms with E-state index >= 15 is 0 Å². The van der Waals surface area contributed by atoms with Crippen LogP contribution in [-0.2, 0) is 0 Å². The molecule has 0 fully saturated rings. The first-order valence-electron chi connectivity index (χ1n) is 5.69. The fourth-order valence-corrected chi connectivity index (χ4v) is 1.99. The molecule has 0 heterocycles. The first kappa shape index (κ1) is 12.7. The van der Waals surface area contributed by atoms with E-state index in [-0.39, 0.29) is 0 Å². The predicted octanol–water partition coefficient (Wildman–Crippen LogP) is 3.66. The first-order valence-corrected chi connectivity index (χ1v) is 5.69. The number of hydrogen-bond acceptors (Lipinski definition) is 1. The highest BCUT2D eigenvalue weighted by molar-refractivity contribution is 5.37. The monoisotopic (exact) mass is 248 g/mol. The SMILES string of the molecule is Cc1ccc(C(O)c2ccc(F)c(F)c2)c(C)c1. The Morgan fingerprint density at radius 3 is 2.28 bits per heavy atom. The summed E-state index contributed by atoms with van der Waals surface area (Å²) in [6, 6.07) is 9.07. The minimum Gasteiger partial charge on any atom is -0.384 e. The highest BCUT2D eigenvalue weighted by atomic mass is 19.2. The van der Waals surface area contributed by atoms with Gasteiger partial charge in [-0.15, -0.1) is 0 Å². The van der Waals surface area contributed by atoms with Crippen molar-refractivity contribution in [2.75, 3.05) is 0 Å². The lowest BCUT2D eigenvalue weighted by Gasteiger charge is -2.15. The van der Waals surface area contributed by atoms with E-state index in [4.69, 9.17) is 0 Å². The second kappa shape index (κ2) is 4.86. The van der Waals surface area contributed by atoms with Gasteiger partial charge in [-0.2, -0.15) is 0 Å². The van der Waals surface area contributed by atoms with Crippen molar-refractivity contribution in [3.63, 3.8) is 0 Å². The van der Waals surface area contributed by atoms with Crippen LogP contribution < -0.4 is 0 Å². The molecule has 0 bridgehead atoms. The van der Waals surface area contributed by atoms with Crippen LogP contribution in [0.3, 0.4) is 0 Å². The van der Waals surface area contributed by atoms with Crippen molar-refractivity contribution in [3.05, 3.63) is 70.3 Å². The molecule has 2 aromatic rings. The Labute approximate surface area is 105 Å². The Kier molecular flexibility index (Phi) is 3.43. The molecule has 3 heteroatoms. The van der Waals surface area contributed by atoms with Crippen LogP contribution in [0.1, 0.15) is 28.4 Å². The van der Waals surface area contributed by atoms with Gasteiger partial charge in [0.1, 0.15) is 6.10 Å². The average Bonchev–Trinajstić information content (AvgIpc) is 2.32.